The molecule has 0 amide bonds. The Hall–Kier alpha value is -16.7. The number of para-hydroxylation sites is 4. The van der Waals surface area contributed by atoms with E-state index in [4.69, 9.17) is 73.3 Å². The van der Waals surface area contributed by atoms with Crippen molar-refractivity contribution in [3.8, 4) is 170 Å². The van der Waals surface area contributed by atoms with Gasteiger partial charge in [0.15, 0.2) is 11.6 Å². The van der Waals surface area contributed by atoms with Crippen LogP contribution in [-0.4, -0.2) is 73.2 Å². The van der Waals surface area contributed by atoms with Crippen LogP contribution in [0.1, 0.15) is 0 Å². The third-order valence-corrected chi connectivity index (χ3v) is 24.0. The van der Waals surface area contributed by atoms with Crippen LogP contribution in [0.25, 0.3) is 167 Å². The van der Waals surface area contributed by atoms with E-state index in [0.29, 0.717) is 51.8 Å². The third kappa shape index (κ3) is 10.8. The maximum absolute atomic E-state index is 7.10. The summed E-state index contributed by atoms with van der Waals surface area (Å²) in [5.74, 6) is 9.58. The van der Waals surface area contributed by atoms with E-state index >= 15 is 0 Å². The zero-order valence-corrected chi connectivity index (χ0v) is 64.1. The van der Waals surface area contributed by atoms with Gasteiger partial charge >= 0.3 is 0 Å². The zero-order chi connectivity index (χ0) is 79.8. The molecule has 6 aromatic heterocycles. The number of fused-ring (bicyclic) bond motifs is 6. The van der Waals surface area contributed by atoms with Crippen LogP contribution < -0.4 is 61.2 Å². The molecule has 0 fully saturated rings. The highest BCUT2D eigenvalue weighted by Crippen LogP contribution is 2.50. The van der Waals surface area contributed by atoms with Gasteiger partial charge in [0.25, 0.3) is 13.4 Å². The van der Waals surface area contributed by atoms with E-state index in [1.54, 1.807) is 25.2 Å². The molecule has 20 heteroatoms. The van der Waals surface area contributed by atoms with Gasteiger partial charge in [0.05, 0.1) is 67.6 Å². The largest absolute Gasteiger partial charge is 0.458 e. The maximum atomic E-state index is 7.10. The Morgan fingerprint density at radius 2 is 0.484 bits per heavy atom. The smallest absolute Gasteiger partial charge is 0.270 e. The van der Waals surface area contributed by atoms with Crippen LogP contribution in [0.3, 0.4) is 0 Å². The first-order valence-corrected chi connectivity index (χ1v) is 40.1. The van der Waals surface area contributed by atoms with Crippen molar-refractivity contribution >= 4 is 112 Å². The molecule has 21 aromatic rings. The van der Waals surface area contributed by atoms with Crippen LogP contribution in [0.5, 0.6) is 69.0 Å². The number of benzene rings is 15. The number of nitrogens with zero attached hydrogens (tertiary/aromatic N) is 12. The van der Waals surface area contributed by atoms with Crippen LogP contribution in [0.2, 0.25) is 0 Å². The van der Waals surface area contributed by atoms with Crippen molar-refractivity contribution in [2.45, 2.75) is 0 Å². The first-order valence-electron chi connectivity index (χ1n) is 40.1. The molecule has 27 rings (SSSR count). The number of aromatic nitrogens is 12. The summed E-state index contributed by atoms with van der Waals surface area (Å²) in [7, 11) is 0. The fourth-order valence-electron chi connectivity index (χ4n) is 18.3. The molecule has 0 saturated heterocycles. The SMILES string of the molecule is c1ccc(-c2ncnc3ccc(-c4cc5c6c(c4)Oc4cc(-c7ccc8ncnc(-c9ccccc9)c8c7)cc7c4B6c4c(cc(-c6ccc8ncnc(-c9ccccc9)c8c6)cc4O7)O5)cc23)cc1.c1ccc2nc(-c3cc4c5c(c3)Oc3cc(-c6ncc7ccccc7n6)cc6c3B5c3c(cc(-c5cnc7ccccc7n5)cc3O6)O4)ncc2c1. The van der Waals surface area contributed by atoms with Crippen molar-refractivity contribution < 1.29 is 28.4 Å². The molecule has 0 saturated carbocycles. The molecule has 0 N–H and O–H groups in total. The van der Waals surface area contributed by atoms with Crippen LogP contribution in [0.15, 0.2) is 329 Å². The molecule has 0 unspecified atom stereocenters. The molecule has 6 aliphatic rings. The van der Waals surface area contributed by atoms with E-state index in [9.17, 15) is 0 Å². The number of hydrogen-bond acceptors (Lipinski definition) is 18. The molecule has 12 heterocycles. The van der Waals surface area contributed by atoms with E-state index in [2.05, 4.69) is 142 Å². The number of hydrogen-bond donors (Lipinski definition) is 0. The van der Waals surface area contributed by atoms with Gasteiger partial charge in [-0.05, 0) is 167 Å². The Labute approximate surface area is 694 Å². The minimum Gasteiger partial charge on any atom is -0.458 e. The fourth-order valence-corrected chi connectivity index (χ4v) is 18.3. The Bertz CT molecular complexity index is 7260. The second-order valence-corrected chi connectivity index (χ2v) is 31.0. The molecule has 122 heavy (non-hydrogen) atoms. The third-order valence-electron chi connectivity index (χ3n) is 24.0. The normalized spacial score (nSPS) is 12.8. The molecule has 0 spiro atoms. The fraction of sp³-hybridized carbons (Fsp3) is 0. The van der Waals surface area contributed by atoms with Crippen molar-refractivity contribution in [2.75, 3.05) is 0 Å². The highest BCUT2D eigenvalue weighted by atomic mass is 16.5. The minimum atomic E-state index is -0.215. The van der Waals surface area contributed by atoms with E-state index in [0.717, 1.165) is 217 Å². The standard InChI is InChI=1S/C60H33BN6O3.C42H21BN6O3/c1-4-10-34(11-5-1)58-43-22-37(16-19-46(43)62-31-65-58)40-25-49-55-50(26-40)69-52-28-42(39-18-21-48-45(24-39)60(67-33-64-48)36-14-8-3-9-15-36)30-54-57(52)61(55)56-51(68-49)27-41(29-53(56)70-54)38-17-20-47-44(23-38)59(66-32-63-47)35-12-6-2-7-13-35;1-3-9-27-22(7-1)19-45-41(48-27)25-15-34-39-36(17-25)52-37-18-26(42-46-20-23-8-2-4-10-28(23)49-42)16-35-40(37)43(39)38-32(50-34)13-24(14-33(38)51-35)31-21-44-29-11-5-6-12-30(29)47-31/h1-33H;1-21H. The van der Waals surface area contributed by atoms with Crippen LogP contribution >= 0.6 is 0 Å². The summed E-state index contributed by atoms with van der Waals surface area (Å²) in [4.78, 5) is 57.1. The highest BCUT2D eigenvalue weighted by Gasteiger charge is 2.50. The van der Waals surface area contributed by atoms with E-state index in [1.165, 1.54) is 0 Å². The number of ether oxygens (including phenoxy) is 6. The molecule has 15 aromatic carbocycles. The lowest BCUT2D eigenvalue weighted by Gasteiger charge is -2.38. The molecule has 0 radical (unpaired) electrons. The van der Waals surface area contributed by atoms with Crippen molar-refractivity contribution in [2.24, 2.45) is 0 Å². The van der Waals surface area contributed by atoms with Crippen molar-refractivity contribution in [1.29, 1.82) is 0 Å². The van der Waals surface area contributed by atoms with Crippen LogP contribution in [0.4, 0.5) is 0 Å². The average molecular weight is 1570 g/mol. The van der Waals surface area contributed by atoms with Gasteiger partial charge in [-0.2, -0.15) is 0 Å². The van der Waals surface area contributed by atoms with E-state index in [-0.39, 0.29) is 13.4 Å². The lowest BCUT2D eigenvalue weighted by molar-refractivity contribution is 0.442. The van der Waals surface area contributed by atoms with Crippen LogP contribution in [-0.2, 0) is 0 Å². The van der Waals surface area contributed by atoms with Gasteiger partial charge in [-0.15, -0.1) is 0 Å². The highest BCUT2D eigenvalue weighted by molar-refractivity contribution is 7.00. The molecule has 6 aliphatic heterocycles. The second kappa shape index (κ2) is 26.4. The van der Waals surface area contributed by atoms with Gasteiger partial charge in [-0.1, -0.05) is 158 Å². The van der Waals surface area contributed by atoms with Gasteiger partial charge in [0.2, 0.25) is 0 Å². The molecule has 0 aliphatic carbocycles. The van der Waals surface area contributed by atoms with Gasteiger partial charge < -0.3 is 28.4 Å². The quantitative estimate of drug-likeness (QED) is 0.123. The van der Waals surface area contributed by atoms with Gasteiger partial charge in [0, 0.05) is 105 Å². The van der Waals surface area contributed by atoms with Gasteiger partial charge in [0.1, 0.15) is 88.0 Å². The lowest BCUT2D eigenvalue weighted by Crippen LogP contribution is -2.59. The summed E-state index contributed by atoms with van der Waals surface area (Å²) in [6.07, 6.45) is 10.4. The first-order chi connectivity index (χ1) is 60.3. The summed E-state index contributed by atoms with van der Waals surface area (Å²) >= 11 is 0. The number of rotatable bonds is 9. The Balaban J connectivity index is 0.000000137. The van der Waals surface area contributed by atoms with Gasteiger partial charge in [-0.3, -0.25) is 4.98 Å². The second-order valence-electron chi connectivity index (χ2n) is 31.0. The summed E-state index contributed by atoms with van der Waals surface area (Å²) in [5, 5.41) is 4.80. The Morgan fingerprint density at radius 3 is 0.828 bits per heavy atom. The zero-order valence-electron chi connectivity index (χ0n) is 64.1. The van der Waals surface area contributed by atoms with Crippen molar-refractivity contribution in [1.82, 2.24) is 59.8 Å². The summed E-state index contributed by atoms with van der Waals surface area (Å²) < 4.78 is 41.7. The monoisotopic (exact) mass is 1560 g/mol. The Kier molecular flexibility index (Phi) is 14.6. The van der Waals surface area contributed by atoms with E-state index in [1.807, 2.05) is 176 Å². The molecular formula is C102H54B2N12O6. The van der Waals surface area contributed by atoms with Crippen LogP contribution in [0, 0.1) is 0 Å². The van der Waals surface area contributed by atoms with E-state index < -0.39 is 0 Å². The predicted octanol–water partition coefficient (Wildman–Crippen LogP) is 19.7. The maximum Gasteiger partial charge on any atom is 0.270 e. The van der Waals surface area contributed by atoms with Gasteiger partial charge in [-0.25, -0.2) is 54.8 Å². The molecule has 0 bridgehead atoms. The average Bonchev–Trinajstić information content (AvgIpc) is 0.699. The van der Waals surface area contributed by atoms with Crippen molar-refractivity contribution in [3.63, 3.8) is 0 Å². The first kappa shape index (κ1) is 67.4. The Morgan fingerprint density at radius 1 is 0.189 bits per heavy atom. The summed E-state index contributed by atoms with van der Waals surface area (Å²) in [6.45, 7) is -0.418. The molecule has 0 atom stereocenters. The summed E-state index contributed by atoms with van der Waals surface area (Å²) in [6, 6.07) is 98.3. The molecule has 18 nitrogen and oxygen atoms in total. The topological polar surface area (TPSA) is 210 Å². The minimum absolute atomic E-state index is 0.203. The lowest BCUT2D eigenvalue weighted by atomic mass is 9.33. The predicted molar refractivity (Wildman–Crippen MR) is 476 cm³/mol. The van der Waals surface area contributed by atoms with Crippen molar-refractivity contribution in [3.05, 3.63) is 329 Å². The molecular weight excluding hydrogens is 1510 g/mol. The molecule has 564 valence electrons. The summed E-state index contributed by atoms with van der Waals surface area (Å²) in [5.41, 5.74) is 26.2.